The summed E-state index contributed by atoms with van der Waals surface area (Å²) < 4.78 is 10.9. The number of halogens is 2. The molecule has 0 bridgehead atoms. The molecule has 142 valence electrons. The lowest BCUT2D eigenvalue weighted by atomic mass is 10.1. The Bertz CT molecular complexity index is 970. The van der Waals surface area contributed by atoms with E-state index in [0.29, 0.717) is 21.4 Å². The zero-order valence-corrected chi connectivity index (χ0v) is 16.2. The molecule has 0 N–H and O–H groups in total. The molecule has 0 amide bonds. The maximum absolute atomic E-state index is 12.5. The summed E-state index contributed by atoms with van der Waals surface area (Å²) in [6.45, 7) is -0.114. The Labute approximate surface area is 172 Å². The van der Waals surface area contributed by atoms with Gasteiger partial charge in [0.15, 0.2) is 12.4 Å². The minimum absolute atomic E-state index is 0.160. The van der Waals surface area contributed by atoms with Crippen molar-refractivity contribution in [2.24, 2.45) is 0 Å². The average Bonchev–Trinajstić information content (AvgIpc) is 2.72. The molecule has 0 saturated carbocycles. The van der Waals surface area contributed by atoms with Crippen LogP contribution in [0.1, 0.15) is 26.3 Å². The van der Waals surface area contributed by atoms with Gasteiger partial charge in [-0.15, -0.1) is 0 Å². The normalized spacial score (nSPS) is 10.4. The molecule has 0 atom stereocenters. The van der Waals surface area contributed by atoms with Gasteiger partial charge >= 0.3 is 5.97 Å². The van der Waals surface area contributed by atoms with E-state index >= 15 is 0 Å². The van der Waals surface area contributed by atoms with Gasteiger partial charge in [0.25, 0.3) is 0 Å². The maximum Gasteiger partial charge on any atom is 0.342 e. The molecule has 6 heteroatoms. The van der Waals surface area contributed by atoms with Crippen LogP contribution in [0.15, 0.2) is 72.8 Å². The van der Waals surface area contributed by atoms with Crippen molar-refractivity contribution in [3.63, 3.8) is 0 Å². The minimum atomic E-state index is -0.687. The van der Waals surface area contributed by atoms with Crippen LogP contribution in [0.2, 0.25) is 10.0 Å². The van der Waals surface area contributed by atoms with Gasteiger partial charge in [0.1, 0.15) is 17.9 Å². The molecule has 0 radical (unpaired) electrons. The van der Waals surface area contributed by atoms with Crippen molar-refractivity contribution < 1.29 is 19.1 Å². The highest BCUT2D eigenvalue weighted by Gasteiger charge is 2.17. The highest BCUT2D eigenvalue weighted by atomic mass is 35.5. The summed E-state index contributed by atoms with van der Waals surface area (Å²) in [7, 11) is 0. The van der Waals surface area contributed by atoms with Crippen LogP contribution >= 0.6 is 23.2 Å². The Morgan fingerprint density at radius 1 is 0.821 bits per heavy atom. The van der Waals surface area contributed by atoms with Crippen molar-refractivity contribution in [3.05, 3.63) is 99.5 Å². The zero-order valence-electron chi connectivity index (χ0n) is 14.7. The second-order valence-corrected chi connectivity index (χ2v) is 6.79. The first-order chi connectivity index (χ1) is 13.5. The van der Waals surface area contributed by atoms with Crippen LogP contribution in [0.4, 0.5) is 0 Å². The van der Waals surface area contributed by atoms with Gasteiger partial charge in [0, 0.05) is 15.6 Å². The number of ketones is 1. The zero-order chi connectivity index (χ0) is 19.9. The van der Waals surface area contributed by atoms with Gasteiger partial charge in [-0.2, -0.15) is 0 Å². The lowest BCUT2D eigenvalue weighted by molar-refractivity contribution is 0.0470. The molecule has 0 unspecified atom stereocenters. The molecule has 0 aromatic heterocycles. The predicted molar refractivity (Wildman–Crippen MR) is 108 cm³/mol. The molecule has 0 heterocycles. The monoisotopic (exact) mass is 414 g/mol. The van der Waals surface area contributed by atoms with Gasteiger partial charge in [-0.25, -0.2) is 4.79 Å². The minimum Gasteiger partial charge on any atom is -0.488 e. The Kier molecular flexibility index (Phi) is 6.69. The summed E-state index contributed by atoms with van der Waals surface area (Å²) in [4.78, 5) is 24.7. The molecule has 0 aliphatic rings. The molecule has 3 aromatic rings. The molecule has 4 nitrogen and oxygen atoms in total. The van der Waals surface area contributed by atoms with E-state index in [2.05, 4.69) is 0 Å². The number of carbonyl (C=O) groups excluding carboxylic acids is 2. The van der Waals surface area contributed by atoms with Crippen LogP contribution in [0.3, 0.4) is 0 Å². The second-order valence-electron chi connectivity index (χ2n) is 5.92. The van der Waals surface area contributed by atoms with Crippen molar-refractivity contribution in [2.45, 2.75) is 6.61 Å². The topological polar surface area (TPSA) is 52.6 Å². The van der Waals surface area contributed by atoms with Crippen molar-refractivity contribution in [3.8, 4) is 5.75 Å². The first kappa shape index (κ1) is 19.9. The van der Waals surface area contributed by atoms with Crippen LogP contribution in [-0.4, -0.2) is 18.4 Å². The third-order valence-corrected chi connectivity index (χ3v) is 4.39. The summed E-state index contributed by atoms with van der Waals surface area (Å²) in [6.07, 6.45) is 0. The molecule has 3 aromatic carbocycles. The van der Waals surface area contributed by atoms with Gasteiger partial charge in [-0.05, 0) is 48.0 Å². The smallest absolute Gasteiger partial charge is 0.342 e. The molecule has 0 saturated heterocycles. The second kappa shape index (κ2) is 9.40. The molecule has 0 aliphatic carbocycles. The van der Waals surface area contributed by atoms with E-state index in [-0.39, 0.29) is 18.0 Å². The Morgan fingerprint density at radius 2 is 1.50 bits per heavy atom. The third kappa shape index (κ3) is 5.35. The van der Waals surface area contributed by atoms with Crippen molar-refractivity contribution >= 4 is 35.0 Å². The summed E-state index contributed by atoms with van der Waals surface area (Å²) in [5, 5.41) is 0.885. The Hall–Kier alpha value is -2.82. The Balaban J connectivity index is 1.67. The third-order valence-electron chi connectivity index (χ3n) is 3.90. The SMILES string of the molecule is O=C(COC(=O)c1cc(Cl)ccc1OCc1ccccc1)c1ccc(Cl)cc1. The fraction of sp³-hybridized carbons (Fsp3) is 0.0909. The number of benzene rings is 3. The quantitative estimate of drug-likeness (QED) is 0.372. The van der Waals surface area contributed by atoms with E-state index in [0.717, 1.165) is 5.56 Å². The van der Waals surface area contributed by atoms with E-state index in [4.69, 9.17) is 32.7 Å². The molecule has 0 fully saturated rings. The lowest BCUT2D eigenvalue weighted by Gasteiger charge is -2.12. The molecule has 28 heavy (non-hydrogen) atoms. The highest BCUT2D eigenvalue weighted by Crippen LogP contribution is 2.25. The average molecular weight is 415 g/mol. The van der Waals surface area contributed by atoms with E-state index in [1.54, 1.807) is 36.4 Å². The summed E-state index contributed by atoms with van der Waals surface area (Å²) >= 11 is 11.8. The maximum atomic E-state index is 12.5. The first-order valence-electron chi connectivity index (χ1n) is 8.45. The molecule has 0 spiro atoms. The number of rotatable bonds is 7. The van der Waals surface area contributed by atoms with Gasteiger partial charge in [0.2, 0.25) is 0 Å². The molecule has 3 rings (SSSR count). The Morgan fingerprint density at radius 3 is 2.21 bits per heavy atom. The highest BCUT2D eigenvalue weighted by molar-refractivity contribution is 6.31. The molecular formula is C22H16Cl2O4. The van der Waals surface area contributed by atoms with Crippen LogP contribution in [0.25, 0.3) is 0 Å². The van der Waals surface area contributed by atoms with Gasteiger partial charge < -0.3 is 9.47 Å². The van der Waals surface area contributed by atoms with Crippen LogP contribution in [0, 0.1) is 0 Å². The van der Waals surface area contributed by atoms with Gasteiger partial charge in [-0.1, -0.05) is 53.5 Å². The predicted octanol–water partition coefficient (Wildman–Crippen LogP) is 5.61. The van der Waals surface area contributed by atoms with E-state index in [1.165, 1.54) is 6.07 Å². The fourth-order valence-corrected chi connectivity index (χ4v) is 2.75. The number of Topliss-reactive ketones (excluding diaryl/α,β-unsaturated/α-hetero) is 1. The number of esters is 1. The van der Waals surface area contributed by atoms with E-state index < -0.39 is 12.6 Å². The number of hydrogen-bond donors (Lipinski definition) is 0. The number of ether oxygens (including phenoxy) is 2. The van der Waals surface area contributed by atoms with Crippen LogP contribution < -0.4 is 4.74 Å². The van der Waals surface area contributed by atoms with Crippen molar-refractivity contribution in [1.29, 1.82) is 0 Å². The van der Waals surface area contributed by atoms with Crippen LogP contribution in [-0.2, 0) is 11.3 Å². The number of hydrogen-bond acceptors (Lipinski definition) is 4. The van der Waals surface area contributed by atoms with E-state index in [9.17, 15) is 9.59 Å². The first-order valence-corrected chi connectivity index (χ1v) is 9.20. The lowest BCUT2D eigenvalue weighted by Crippen LogP contribution is -2.15. The number of carbonyl (C=O) groups is 2. The molecule has 0 aliphatic heterocycles. The largest absolute Gasteiger partial charge is 0.488 e. The van der Waals surface area contributed by atoms with Crippen molar-refractivity contribution in [1.82, 2.24) is 0 Å². The standard InChI is InChI=1S/C22H16Cl2O4/c23-17-8-6-16(7-9-17)20(25)14-28-22(26)19-12-18(24)10-11-21(19)27-13-15-4-2-1-3-5-15/h1-12H,13-14H2. The fourth-order valence-electron chi connectivity index (χ4n) is 2.45. The summed E-state index contributed by atoms with van der Waals surface area (Å²) in [6, 6.07) is 20.6. The molecular weight excluding hydrogens is 399 g/mol. The van der Waals surface area contributed by atoms with E-state index in [1.807, 2.05) is 30.3 Å². The summed E-state index contributed by atoms with van der Waals surface area (Å²) in [5.74, 6) is -0.691. The van der Waals surface area contributed by atoms with Gasteiger partial charge in [0.05, 0.1) is 0 Å². The van der Waals surface area contributed by atoms with Gasteiger partial charge in [-0.3, -0.25) is 4.79 Å². The van der Waals surface area contributed by atoms with Crippen LogP contribution in [0.5, 0.6) is 5.75 Å². The summed E-state index contributed by atoms with van der Waals surface area (Å²) in [5.41, 5.74) is 1.52. The van der Waals surface area contributed by atoms with Crippen molar-refractivity contribution in [2.75, 3.05) is 6.61 Å².